The van der Waals surface area contributed by atoms with Gasteiger partial charge in [-0.25, -0.2) is 0 Å². The maximum atomic E-state index is 12.7. The molecule has 2 N–H and O–H groups in total. The standard InChI is InChI=1S/C26H25ClN4O3/c27-20-12-10-19(11-13-20)26(34)31-16-14-30(15-17-31)18-24(32)29-23-9-5-4-8-22(23)25(33)28-21-6-2-1-3-7-21/h1-13H,14-18H2,(H,28,33)(H,29,32). The third-order valence-corrected chi connectivity index (χ3v) is 5.85. The lowest BCUT2D eigenvalue weighted by atomic mass is 10.1. The lowest BCUT2D eigenvalue weighted by molar-refractivity contribution is -0.117. The molecule has 1 aliphatic rings. The van der Waals surface area contributed by atoms with Crippen LogP contribution in [-0.2, 0) is 4.79 Å². The molecule has 0 atom stereocenters. The molecule has 1 saturated heterocycles. The molecule has 0 bridgehead atoms. The molecule has 3 aromatic rings. The van der Waals surface area contributed by atoms with Crippen molar-refractivity contribution in [2.24, 2.45) is 0 Å². The number of amides is 3. The number of carbonyl (C=O) groups is 3. The molecule has 1 fully saturated rings. The number of anilines is 2. The first-order valence-electron chi connectivity index (χ1n) is 11.0. The van der Waals surface area contributed by atoms with Gasteiger partial charge in [0.25, 0.3) is 11.8 Å². The van der Waals surface area contributed by atoms with Gasteiger partial charge in [-0.2, -0.15) is 0 Å². The van der Waals surface area contributed by atoms with Crippen LogP contribution in [0.15, 0.2) is 78.9 Å². The van der Waals surface area contributed by atoms with Gasteiger partial charge in [-0.3, -0.25) is 19.3 Å². The van der Waals surface area contributed by atoms with Gasteiger partial charge in [-0.05, 0) is 48.5 Å². The van der Waals surface area contributed by atoms with E-state index in [0.29, 0.717) is 53.7 Å². The Bertz CT molecular complexity index is 1160. The van der Waals surface area contributed by atoms with Gasteiger partial charge in [0, 0.05) is 42.5 Å². The monoisotopic (exact) mass is 476 g/mol. The fourth-order valence-corrected chi connectivity index (χ4v) is 3.91. The van der Waals surface area contributed by atoms with Gasteiger partial charge in [-0.15, -0.1) is 0 Å². The van der Waals surface area contributed by atoms with Crippen LogP contribution in [0.1, 0.15) is 20.7 Å². The summed E-state index contributed by atoms with van der Waals surface area (Å²) in [6, 6.07) is 22.9. The molecular weight excluding hydrogens is 452 g/mol. The largest absolute Gasteiger partial charge is 0.336 e. The summed E-state index contributed by atoms with van der Waals surface area (Å²) in [5, 5.41) is 6.28. The number of piperazine rings is 1. The normalized spacial score (nSPS) is 13.9. The van der Waals surface area contributed by atoms with Crippen molar-refractivity contribution in [1.82, 2.24) is 9.80 Å². The summed E-state index contributed by atoms with van der Waals surface area (Å²) in [7, 11) is 0. The van der Waals surface area contributed by atoms with E-state index in [1.54, 1.807) is 65.6 Å². The predicted molar refractivity (Wildman–Crippen MR) is 133 cm³/mol. The highest BCUT2D eigenvalue weighted by Crippen LogP contribution is 2.18. The van der Waals surface area contributed by atoms with Crippen molar-refractivity contribution in [3.05, 3.63) is 95.0 Å². The van der Waals surface area contributed by atoms with E-state index in [9.17, 15) is 14.4 Å². The average molecular weight is 477 g/mol. The summed E-state index contributed by atoms with van der Waals surface area (Å²) in [6.07, 6.45) is 0. The van der Waals surface area contributed by atoms with Crippen molar-refractivity contribution in [3.8, 4) is 0 Å². The first-order chi connectivity index (χ1) is 16.5. The molecule has 3 amide bonds. The van der Waals surface area contributed by atoms with Gasteiger partial charge < -0.3 is 15.5 Å². The number of carbonyl (C=O) groups excluding carboxylic acids is 3. The molecule has 0 radical (unpaired) electrons. The van der Waals surface area contributed by atoms with Gasteiger partial charge in [-0.1, -0.05) is 41.9 Å². The second-order valence-electron chi connectivity index (χ2n) is 7.99. The fraction of sp³-hybridized carbons (Fsp3) is 0.192. The third kappa shape index (κ3) is 6.01. The van der Waals surface area contributed by atoms with E-state index >= 15 is 0 Å². The summed E-state index contributed by atoms with van der Waals surface area (Å²) in [6.45, 7) is 2.42. The van der Waals surface area contributed by atoms with Crippen molar-refractivity contribution in [1.29, 1.82) is 0 Å². The van der Waals surface area contributed by atoms with Crippen molar-refractivity contribution in [3.63, 3.8) is 0 Å². The molecule has 34 heavy (non-hydrogen) atoms. The van der Waals surface area contributed by atoms with Crippen LogP contribution in [0.2, 0.25) is 5.02 Å². The fourth-order valence-electron chi connectivity index (χ4n) is 3.79. The molecule has 0 aliphatic carbocycles. The Kier molecular flexibility index (Phi) is 7.57. The lowest BCUT2D eigenvalue weighted by Crippen LogP contribution is -2.50. The smallest absolute Gasteiger partial charge is 0.257 e. The molecule has 0 unspecified atom stereocenters. The molecule has 3 aromatic carbocycles. The number of rotatable bonds is 6. The number of hydrogen-bond acceptors (Lipinski definition) is 4. The number of halogens is 1. The van der Waals surface area contributed by atoms with Crippen LogP contribution in [0, 0.1) is 0 Å². The van der Waals surface area contributed by atoms with Crippen LogP contribution >= 0.6 is 11.6 Å². The molecular formula is C26H25ClN4O3. The van der Waals surface area contributed by atoms with Crippen LogP contribution in [0.5, 0.6) is 0 Å². The highest BCUT2D eigenvalue weighted by Gasteiger charge is 2.24. The first kappa shape index (κ1) is 23.5. The number of nitrogens with one attached hydrogen (secondary N) is 2. The quantitative estimate of drug-likeness (QED) is 0.563. The lowest BCUT2D eigenvalue weighted by Gasteiger charge is -2.34. The summed E-state index contributed by atoms with van der Waals surface area (Å²) in [5.41, 5.74) is 2.12. The SMILES string of the molecule is O=C(CN1CCN(C(=O)c2ccc(Cl)cc2)CC1)Nc1ccccc1C(=O)Nc1ccccc1. The van der Waals surface area contributed by atoms with E-state index in [4.69, 9.17) is 11.6 Å². The summed E-state index contributed by atoms with van der Waals surface area (Å²) >= 11 is 5.90. The van der Waals surface area contributed by atoms with Gasteiger partial charge in [0.1, 0.15) is 0 Å². The first-order valence-corrected chi connectivity index (χ1v) is 11.4. The van der Waals surface area contributed by atoms with Gasteiger partial charge >= 0.3 is 0 Å². The van der Waals surface area contributed by atoms with Crippen molar-refractivity contribution in [2.45, 2.75) is 0 Å². The molecule has 0 saturated carbocycles. The molecule has 174 valence electrons. The minimum Gasteiger partial charge on any atom is -0.336 e. The highest BCUT2D eigenvalue weighted by atomic mass is 35.5. The predicted octanol–water partition coefficient (Wildman–Crippen LogP) is 3.99. The van der Waals surface area contributed by atoms with Crippen molar-refractivity contribution in [2.75, 3.05) is 43.4 Å². The second-order valence-corrected chi connectivity index (χ2v) is 8.43. The van der Waals surface area contributed by atoms with Crippen LogP contribution in [0.4, 0.5) is 11.4 Å². The molecule has 0 spiro atoms. The van der Waals surface area contributed by atoms with E-state index < -0.39 is 0 Å². The van der Waals surface area contributed by atoms with E-state index in [0.717, 1.165) is 0 Å². The summed E-state index contributed by atoms with van der Waals surface area (Å²) < 4.78 is 0. The Morgan fingerprint density at radius 3 is 2.12 bits per heavy atom. The maximum Gasteiger partial charge on any atom is 0.257 e. The Balaban J connectivity index is 1.30. The van der Waals surface area contributed by atoms with Crippen LogP contribution in [-0.4, -0.2) is 60.2 Å². The zero-order valence-electron chi connectivity index (χ0n) is 18.5. The van der Waals surface area contributed by atoms with Crippen molar-refractivity contribution >= 4 is 40.7 Å². The Morgan fingerprint density at radius 2 is 1.41 bits per heavy atom. The Morgan fingerprint density at radius 1 is 0.765 bits per heavy atom. The van der Waals surface area contributed by atoms with Crippen LogP contribution in [0.25, 0.3) is 0 Å². The molecule has 1 aliphatic heterocycles. The number of hydrogen-bond donors (Lipinski definition) is 2. The van der Waals surface area contributed by atoms with E-state index in [-0.39, 0.29) is 24.3 Å². The topological polar surface area (TPSA) is 81.8 Å². The third-order valence-electron chi connectivity index (χ3n) is 5.60. The molecule has 8 heteroatoms. The summed E-state index contributed by atoms with van der Waals surface area (Å²) in [5.74, 6) is -0.548. The number of para-hydroxylation sites is 2. The van der Waals surface area contributed by atoms with Crippen LogP contribution < -0.4 is 10.6 Å². The minimum absolute atomic E-state index is 0.0425. The van der Waals surface area contributed by atoms with Crippen LogP contribution in [0.3, 0.4) is 0 Å². The number of nitrogens with zero attached hydrogens (tertiary/aromatic N) is 2. The van der Waals surface area contributed by atoms with E-state index in [1.807, 2.05) is 23.1 Å². The van der Waals surface area contributed by atoms with Crippen molar-refractivity contribution < 1.29 is 14.4 Å². The van der Waals surface area contributed by atoms with Gasteiger partial charge in [0.05, 0.1) is 17.8 Å². The molecule has 7 nitrogen and oxygen atoms in total. The zero-order chi connectivity index (χ0) is 23.9. The van der Waals surface area contributed by atoms with Gasteiger partial charge in [0.2, 0.25) is 5.91 Å². The second kappa shape index (κ2) is 11.0. The Hall–Kier alpha value is -3.68. The van der Waals surface area contributed by atoms with Gasteiger partial charge in [0.15, 0.2) is 0 Å². The molecule has 0 aromatic heterocycles. The van der Waals surface area contributed by atoms with E-state index in [2.05, 4.69) is 10.6 Å². The van der Waals surface area contributed by atoms with E-state index in [1.165, 1.54) is 0 Å². The summed E-state index contributed by atoms with van der Waals surface area (Å²) in [4.78, 5) is 41.9. The highest BCUT2D eigenvalue weighted by molar-refractivity contribution is 6.30. The molecule has 1 heterocycles. The average Bonchev–Trinajstić information content (AvgIpc) is 2.85. The number of benzene rings is 3. The maximum absolute atomic E-state index is 12.7. The molecule has 4 rings (SSSR count). The zero-order valence-corrected chi connectivity index (χ0v) is 19.3. The minimum atomic E-state index is -0.295. The Labute approximate surface area is 203 Å².